The van der Waals surface area contributed by atoms with Crippen LogP contribution in [0.4, 0.5) is 0 Å². The Morgan fingerprint density at radius 2 is 2.16 bits per heavy atom. The molecule has 1 fully saturated rings. The molecule has 0 radical (unpaired) electrons. The second-order valence-corrected chi connectivity index (χ2v) is 5.26. The summed E-state index contributed by atoms with van der Waals surface area (Å²) >= 11 is 0. The monoisotopic (exact) mass is 263 g/mol. The van der Waals surface area contributed by atoms with Crippen LogP contribution in [0.25, 0.3) is 0 Å². The van der Waals surface area contributed by atoms with Crippen LogP contribution in [0.1, 0.15) is 30.5 Å². The van der Waals surface area contributed by atoms with Crippen LogP contribution >= 0.6 is 0 Å². The van der Waals surface area contributed by atoms with Gasteiger partial charge in [-0.25, -0.2) is 0 Å². The molecule has 4 heteroatoms. The first kappa shape index (κ1) is 14.5. The fourth-order valence-electron chi connectivity index (χ4n) is 2.64. The number of hydrogen-bond acceptors (Lipinski definition) is 4. The van der Waals surface area contributed by atoms with Gasteiger partial charge in [0.1, 0.15) is 0 Å². The van der Waals surface area contributed by atoms with E-state index in [1.807, 2.05) is 0 Å². The maximum atomic E-state index is 5.91. The lowest BCUT2D eigenvalue weighted by atomic mass is 9.99. The Morgan fingerprint density at radius 3 is 2.79 bits per heavy atom. The number of aryl methyl sites for hydroxylation is 1. The van der Waals surface area contributed by atoms with Gasteiger partial charge in [0.25, 0.3) is 0 Å². The summed E-state index contributed by atoms with van der Waals surface area (Å²) in [6.45, 7) is 8.18. The van der Waals surface area contributed by atoms with Crippen molar-refractivity contribution >= 4 is 0 Å². The molecule has 3 N–H and O–H groups in total. The zero-order valence-electron chi connectivity index (χ0n) is 11.9. The van der Waals surface area contributed by atoms with Crippen LogP contribution in [0.2, 0.25) is 0 Å². The normalized spacial score (nSPS) is 22.4. The van der Waals surface area contributed by atoms with E-state index in [-0.39, 0.29) is 12.1 Å². The number of hydrazine groups is 1. The van der Waals surface area contributed by atoms with E-state index in [9.17, 15) is 0 Å². The SMILES string of the molecule is CCCN1CCOC(C(NN)c2ccc(C)cc2)C1. The minimum Gasteiger partial charge on any atom is -0.374 e. The van der Waals surface area contributed by atoms with Gasteiger partial charge >= 0.3 is 0 Å². The maximum absolute atomic E-state index is 5.91. The van der Waals surface area contributed by atoms with Crippen LogP contribution in [0.15, 0.2) is 24.3 Å². The Kier molecular flexibility index (Phi) is 5.34. The van der Waals surface area contributed by atoms with Gasteiger partial charge in [0.2, 0.25) is 0 Å². The van der Waals surface area contributed by atoms with Gasteiger partial charge in [-0.3, -0.25) is 16.2 Å². The van der Waals surface area contributed by atoms with Gasteiger partial charge in [-0.15, -0.1) is 0 Å². The summed E-state index contributed by atoms with van der Waals surface area (Å²) in [6, 6.07) is 8.54. The first-order valence-electron chi connectivity index (χ1n) is 7.11. The minimum absolute atomic E-state index is 0.0558. The van der Waals surface area contributed by atoms with Crippen molar-refractivity contribution < 1.29 is 4.74 Å². The third-order valence-electron chi connectivity index (χ3n) is 3.71. The average molecular weight is 263 g/mol. The molecule has 106 valence electrons. The van der Waals surface area contributed by atoms with E-state index in [0.717, 1.165) is 26.2 Å². The predicted octanol–water partition coefficient (Wildman–Crippen LogP) is 1.61. The lowest BCUT2D eigenvalue weighted by Crippen LogP contribution is -2.49. The summed E-state index contributed by atoms with van der Waals surface area (Å²) in [6.07, 6.45) is 1.30. The molecule has 2 atom stereocenters. The van der Waals surface area contributed by atoms with Crippen LogP contribution in [-0.4, -0.2) is 37.2 Å². The van der Waals surface area contributed by atoms with Crippen molar-refractivity contribution in [1.29, 1.82) is 0 Å². The van der Waals surface area contributed by atoms with Crippen LogP contribution in [0, 0.1) is 6.92 Å². The van der Waals surface area contributed by atoms with E-state index in [1.54, 1.807) is 0 Å². The number of hydrogen-bond donors (Lipinski definition) is 2. The summed E-state index contributed by atoms with van der Waals surface area (Å²) in [5.41, 5.74) is 5.37. The van der Waals surface area contributed by atoms with E-state index in [0.29, 0.717) is 0 Å². The fraction of sp³-hybridized carbons (Fsp3) is 0.600. The van der Waals surface area contributed by atoms with E-state index in [2.05, 4.69) is 48.4 Å². The molecule has 19 heavy (non-hydrogen) atoms. The molecule has 0 aliphatic carbocycles. The van der Waals surface area contributed by atoms with Crippen molar-refractivity contribution in [3.05, 3.63) is 35.4 Å². The highest BCUT2D eigenvalue weighted by atomic mass is 16.5. The lowest BCUT2D eigenvalue weighted by molar-refractivity contribution is -0.0471. The number of morpholine rings is 1. The number of rotatable bonds is 5. The molecule has 0 bridgehead atoms. The van der Waals surface area contributed by atoms with Crippen molar-refractivity contribution in [2.24, 2.45) is 5.84 Å². The molecule has 1 aliphatic heterocycles. The van der Waals surface area contributed by atoms with Gasteiger partial charge in [0, 0.05) is 13.1 Å². The van der Waals surface area contributed by atoms with E-state index >= 15 is 0 Å². The Hall–Kier alpha value is -0.940. The highest BCUT2D eigenvalue weighted by molar-refractivity contribution is 5.25. The summed E-state index contributed by atoms with van der Waals surface area (Å²) in [7, 11) is 0. The van der Waals surface area contributed by atoms with Gasteiger partial charge in [-0.05, 0) is 25.5 Å². The Morgan fingerprint density at radius 1 is 1.42 bits per heavy atom. The molecule has 2 unspecified atom stereocenters. The zero-order valence-corrected chi connectivity index (χ0v) is 11.9. The molecule has 1 saturated heterocycles. The highest BCUT2D eigenvalue weighted by Crippen LogP contribution is 2.22. The van der Waals surface area contributed by atoms with Gasteiger partial charge < -0.3 is 4.74 Å². The van der Waals surface area contributed by atoms with Crippen LogP contribution in [-0.2, 0) is 4.74 Å². The summed E-state index contributed by atoms with van der Waals surface area (Å²) in [4.78, 5) is 2.45. The molecule has 1 aromatic carbocycles. The Balaban J connectivity index is 2.06. The summed E-state index contributed by atoms with van der Waals surface area (Å²) in [5, 5.41) is 0. The highest BCUT2D eigenvalue weighted by Gasteiger charge is 2.28. The quantitative estimate of drug-likeness (QED) is 0.626. The van der Waals surface area contributed by atoms with Crippen molar-refractivity contribution in [3.63, 3.8) is 0 Å². The third kappa shape index (κ3) is 3.76. The standard InChI is InChI=1S/C15H25N3O/c1-3-8-18-9-10-19-14(11-18)15(17-16)13-6-4-12(2)5-7-13/h4-7,14-15,17H,3,8-11,16H2,1-2H3. The molecule has 2 rings (SSSR count). The van der Waals surface area contributed by atoms with Crippen LogP contribution in [0.3, 0.4) is 0 Å². The largest absolute Gasteiger partial charge is 0.374 e. The molecule has 1 heterocycles. The first-order valence-corrected chi connectivity index (χ1v) is 7.11. The fourth-order valence-corrected chi connectivity index (χ4v) is 2.64. The minimum atomic E-state index is 0.0558. The second kappa shape index (κ2) is 7.01. The van der Waals surface area contributed by atoms with Crippen LogP contribution < -0.4 is 11.3 Å². The average Bonchev–Trinajstić information content (AvgIpc) is 2.43. The number of benzene rings is 1. The zero-order chi connectivity index (χ0) is 13.7. The molecule has 0 spiro atoms. The molecule has 4 nitrogen and oxygen atoms in total. The van der Waals surface area contributed by atoms with E-state index in [4.69, 9.17) is 10.6 Å². The molecular weight excluding hydrogens is 238 g/mol. The molecule has 0 aromatic heterocycles. The van der Waals surface area contributed by atoms with E-state index in [1.165, 1.54) is 17.5 Å². The molecular formula is C15H25N3O. The number of nitrogens with zero attached hydrogens (tertiary/aromatic N) is 1. The van der Waals surface area contributed by atoms with Crippen molar-refractivity contribution in [3.8, 4) is 0 Å². The topological polar surface area (TPSA) is 50.5 Å². The van der Waals surface area contributed by atoms with Gasteiger partial charge in [-0.2, -0.15) is 0 Å². The number of nitrogens with two attached hydrogens (primary N) is 1. The summed E-state index contributed by atoms with van der Waals surface area (Å²) in [5.74, 6) is 5.74. The second-order valence-electron chi connectivity index (χ2n) is 5.26. The van der Waals surface area contributed by atoms with Gasteiger partial charge in [0.15, 0.2) is 0 Å². The van der Waals surface area contributed by atoms with Gasteiger partial charge in [0.05, 0.1) is 18.8 Å². The molecule has 0 saturated carbocycles. The number of nitrogens with one attached hydrogen (secondary N) is 1. The van der Waals surface area contributed by atoms with E-state index < -0.39 is 0 Å². The Bertz CT molecular complexity index is 377. The molecule has 0 amide bonds. The van der Waals surface area contributed by atoms with Crippen LogP contribution in [0.5, 0.6) is 0 Å². The number of ether oxygens (including phenoxy) is 1. The van der Waals surface area contributed by atoms with Crippen molar-refractivity contribution in [2.75, 3.05) is 26.2 Å². The molecule has 1 aliphatic rings. The first-order chi connectivity index (χ1) is 9.24. The maximum Gasteiger partial charge on any atom is 0.0909 e. The predicted molar refractivity (Wildman–Crippen MR) is 77.7 cm³/mol. The lowest BCUT2D eigenvalue weighted by Gasteiger charge is -2.36. The van der Waals surface area contributed by atoms with Crippen molar-refractivity contribution in [2.45, 2.75) is 32.4 Å². The summed E-state index contributed by atoms with van der Waals surface area (Å²) < 4.78 is 5.91. The smallest absolute Gasteiger partial charge is 0.0909 e. The molecule has 1 aromatic rings. The third-order valence-corrected chi connectivity index (χ3v) is 3.71. The Labute approximate surface area is 115 Å². The van der Waals surface area contributed by atoms with Crippen molar-refractivity contribution in [1.82, 2.24) is 10.3 Å². The van der Waals surface area contributed by atoms with Gasteiger partial charge in [-0.1, -0.05) is 36.8 Å².